The summed E-state index contributed by atoms with van der Waals surface area (Å²) in [7, 11) is 2.15. The fraction of sp³-hybridized carbons (Fsp3) is 0.353. The van der Waals surface area contributed by atoms with Gasteiger partial charge in [-0.2, -0.15) is 0 Å². The fourth-order valence-electron chi connectivity index (χ4n) is 3.25. The number of nitrogens with zero attached hydrogens (tertiary/aromatic N) is 1. The minimum absolute atomic E-state index is 0.217. The standard InChI is InChI=1S/C17H20N/c1-12-7-5-8-13-11-17(2,3)14-9-6-10-18(4)16(14)15(12)13/h5-10H,11H2,1-4H3/q+1. The highest BCUT2D eigenvalue weighted by atomic mass is 14.9. The summed E-state index contributed by atoms with van der Waals surface area (Å²) in [6.45, 7) is 6.90. The van der Waals surface area contributed by atoms with Gasteiger partial charge in [0.15, 0.2) is 6.20 Å². The topological polar surface area (TPSA) is 3.88 Å². The lowest BCUT2D eigenvalue weighted by molar-refractivity contribution is -0.661. The molecule has 2 aromatic rings. The molecule has 0 aliphatic heterocycles. The highest BCUT2D eigenvalue weighted by molar-refractivity contribution is 5.72. The van der Waals surface area contributed by atoms with E-state index in [9.17, 15) is 0 Å². The summed E-state index contributed by atoms with van der Waals surface area (Å²) in [6, 6.07) is 11.1. The molecule has 3 rings (SSSR count). The molecule has 18 heavy (non-hydrogen) atoms. The second kappa shape index (κ2) is 3.68. The molecule has 92 valence electrons. The third-order valence-corrected chi connectivity index (χ3v) is 4.14. The molecule has 0 fully saturated rings. The van der Waals surface area contributed by atoms with Gasteiger partial charge < -0.3 is 0 Å². The lowest BCUT2D eigenvalue weighted by Crippen LogP contribution is -2.38. The molecule has 1 heteroatoms. The van der Waals surface area contributed by atoms with Crippen molar-refractivity contribution in [3.63, 3.8) is 0 Å². The Morgan fingerprint density at radius 1 is 1.11 bits per heavy atom. The lowest BCUT2D eigenvalue weighted by atomic mass is 9.71. The van der Waals surface area contributed by atoms with Gasteiger partial charge >= 0.3 is 0 Å². The molecule has 0 amide bonds. The van der Waals surface area contributed by atoms with E-state index in [1.165, 1.54) is 27.9 Å². The van der Waals surface area contributed by atoms with Crippen molar-refractivity contribution in [1.82, 2.24) is 0 Å². The van der Waals surface area contributed by atoms with Crippen molar-refractivity contribution in [3.8, 4) is 11.3 Å². The molecule has 0 atom stereocenters. The zero-order valence-electron chi connectivity index (χ0n) is 11.6. The Hall–Kier alpha value is -1.63. The van der Waals surface area contributed by atoms with Gasteiger partial charge in [0, 0.05) is 17.0 Å². The zero-order valence-corrected chi connectivity index (χ0v) is 11.6. The molecule has 1 aliphatic rings. The van der Waals surface area contributed by atoms with Crippen LogP contribution >= 0.6 is 0 Å². The first kappa shape index (κ1) is 11.5. The van der Waals surface area contributed by atoms with E-state index >= 15 is 0 Å². The van der Waals surface area contributed by atoms with E-state index < -0.39 is 0 Å². The summed E-state index contributed by atoms with van der Waals surface area (Å²) in [6.07, 6.45) is 3.28. The Balaban J connectivity index is 2.42. The summed E-state index contributed by atoms with van der Waals surface area (Å²) in [4.78, 5) is 0. The van der Waals surface area contributed by atoms with Crippen LogP contribution in [0.4, 0.5) is 0 Å². The summed E-state index contributed by atoms with van der Waals surface area (Å²) >= 11 is 0. The number of hydrogen-bond acceptors (Lipinski definition) is 0. The average molecular weight is 238 g/mol. The van der Waals surface area contributed by atoms with E-state index in [1.807, 2.05) is 0 Å². The van der Waals surface area contributed by atoms with Crippen molar-refractivity contribution in [2.45, 2.75) is 32.6 Å². The predicted molar refractivity (Wildman–Crippen MR) is 74.5 cm³/mol. The SMILES string of the molecule is Cc1cccc2c1-c1c(ccc[n+]1C)C(C)(C)C2. The molecule has 0 saturated carbocycles. The summed E-state index contributed by atoms with van der Waals surface area (Å²) < 4.78 is 2.27. The van der Waals surface area contributed by atoms with E-state index in [0.717, 1.165) is 6.42 Å². The van der Waals surface area contributed by atoms with E-state index in [4.69, 9.17) is 0 Å². The van der Waals surface area contributed by atoms with Crippen molar-refractivity contribution in [2.24, 2.45) is 7.05 Å². The van der Waals surface area contributed by atoms with Crippen LogP contribution < -0.4 is 4.57 Å². The van der Waals surface area contributed by atoms with Crippen LogP contribution in [-0.4, -0.2) is 0 Å². The number of pyridine rings is 1. The van der Waals surface area contributed by atoms with Crippen LogP contribution in [-0.2, 0) is 18.9 Å². The maximum absolute atomic E-state index is 2.34. The minimum atomic E-state index is 0.217. The smallest absolute Gasteiger partial charge is 0.201 e. The molecule has 0 unspecified atom stereocenters. The third-order valence-electron chi connectivity index (χ3n) is 4.14. The molecular formula is C17H20N+. The van der Waals surface area contributed by atoms with E-state index in [0.29, 0.717) is 0 Å². The Morgan fingerprint density at radius 3 is 2.67 bits per heavy atom. The predicted octanol–water partition coefficient (Wildman–Crippen LogP) is 3.32. The molecule has 1 aromatic heterocycles. The summed E-state index contributed by atoms with van der Waals surface area (Å²) in [5.41, 5.74) is 7.38. The second-order valence-corrected chi connectivity index (χ2v) is 6.05. The molecule has 0 N–H and O–H groups in total. The van der Waals surface area contributed by atoms with Gasteiger partial charge in [0.1, 0.15) is 7.05 Å². The van der Waals surface area contributed by atoms with Gasteiger partial charge in [-0.05, 0) is 30.5 Å². The number of aryl methyl sites for hydroxylation is 2. The van der Waals surface area contributed by atoms with Crippen LogP contribution in [0.2, 0.25) is 0 Å². The maximum Gasteiger partial charge on any atom is 0.216 e. The summed E-state index contributed by atoms with van der Waals surface area (Å²) in [5, 5.41) is 0. The van der Waals surface area contributed by atoms with Crippen LogP contribution in [0.25, 0.3) is 11.3 Å². The highest BCUT2D eigenvalue weighted by Gasteiger charge is 2.36. The van der Waals surface area contributed by atoms with Gasteiger partial charge in [-0.1, -0.05) is 32.0 Å². The molecule has 1 aromatic carbocycles. The van der Waals surface area contributed by atoms with Crippen molar-refractivity contribution < 1.29 is 4.57 Å². The van der Waals surface area contributed by atoms with Gasteiger partial charge in [-0.25, -0.2) is 4.57 Å². The molecule has 1 heterocycles. The van der Waals surface area contributed by atoms with Crippen molar-refractivity contribution in [1.29, 1.82) is 0 Å². The van der Waals surface area contributed by atoms with Crippen LogP contribution in [0.15, 0.2) is 36.5 Å². The molecular weight excluding hydrogens is 218 g/mol. The van der Waals surface area contributed by atoms with Crippen molar-refractivity contribution >= 4 is 0 Å². The van der Waals surface area contributed by atoms with Gasteiger partial charge in [0.05, 0.1) is 5.56 Å². The average Bonchev–Trinajstić information content (AvgIpc) is 2.29. The first-order valence-corrected chi connectivity index (χ1v) is 6.59. The van der Waals surface area contributed by atoms with Crippen molar-refractivity contribution in [3.05, 3.63) is 53.2 Å². The Morgan fingerprint density at radius 2 is 1.89 bits per heavy atom. The Kier molecular flexibility index (Phi) is 2.34. The maximum atomic E-state index is 2.34. The number of benzene rings is 1. The molecule has 0 saturated heterocycles. The first-order valence-electron chi connectivity index (χ1n) is 6.59. The van der Waals surface area contributed by atoms with E-state index in [1.54, 1.807) is 0 Å². The second-order valence-electron chi connectivity index (χ2n) is 6.05. The van der Waals surface area contributed by atoms with E-state index in [2.05, 4.69) is 68.9 Å². The van der Waals surface area contributed by atoms with Crippen LogP contribution in [0.5, 0.6) is 0 Å². The van der Waals surface area contributed by atoms with Gasteiger partial charge in [-0.3, -0.25) is 0 Å². The largest absolute Gasteiger partial charge is 0.216 e. The first-order chi connectivity index (χ1) is 8.50. The van der Waals surface area contributed by atoms with Crippen molar-refractivity contribution in [2.75, 3.05) is 0 Å². The Labute approximate surface area is 109 Å². The molecule has 0 bridgehead atoms. The van der Waals surface area contributed by atoms with E-state index in [-0.39, 0.29) is 5.41 Å². The molecule has 0 spiro atoms. The lowest BCUT2D eigenvalue weighted by Gasteiger charge is -2.32. The van der Waals surface area contributed by atoms with Crippen LogP contribution in [0.3, 0.4) is 0 Å². The summed E-state index contributed by atoms with van der Waals surface area (Å²) in [5.74, 6) is 0. The van der Waals surface area contributed by atoms with Gasteiger partial charge in [0.2, 0.25) is 5.69 Å². The third kappa shape index (κ3) is 1.50. The fourth-order valence-corrected chi connectivity index (χ4v) is 3.25. The van der Waals surface area contributed by atoms with Gasteiger partial charge in [0.25, 0.3) is 0 Å². The number of rotatable bonds is 0. The zero-order chi connectivity index (χ0) is 12.9. The molecule has 1 aliphatic carbocycles. The number of fused-ring (bicyclic) bond motifs is 3. The minimum Gasteiger partial charge on any atom is -0.201 e. The highest BCUT2D eigenvalue weighted by Crippen LogP contribution is 2.42. The monoisotopic (exact) mass is 238 g/mol. The number of hydrogen-bond donors (Lipinski definition) is 0. The van der Waals surface area contributed by atoms with Gasteiger partial charge in [-0.15, -0.1) is 0 Å². The number of aromatic nitrogens is 1. The van der Waals surface area contributed by atoms with Crippen LogP contribution in [0.1, 0.15) is 30.5 Å². The quantitative estimate of drug-likeness (QED) is 0.620. The van der Waals surface area contributed by atoms with Crippen LogP contribution in [0, 0.1) is 6.92 Å². The Bertz CT molecular complexity index is 624. The molecule has 0 radical (unpaired) electrons. The normalized spacial score (nSPS) is 16.0. The molecule has 1 nitrogen and oxygen atoms in total.